The fourth-order valence-electron chi connectivity index (χ4n) is 3.90. The number of aryl methyl sites for hydroxylation is 1. The number of hydrogen-bond acceptors (Lipinski definition) is 2. The number of halogens is 1. The standard InChI is InChI=1S/C19H19FN2O/c20-15-5-1-6-16-18(15)19(9-3-10-19)13-22(16)17(23)8-7-14-4-2-11-21-12-14/h1-2,4-6,11-12H,3,7-10,13H2. The van der Waals surface area contributed by atoms with Gasteiger partial charge in [0.15, 0.2) is 0 Å². The Morgan fingerprint density at radius 1 is 1.26 bits per heavy atom. The smallest absolute Gasteiger partial charge is 0.227 e. The average Bonchev–Trinajstić information content (AvgIpc) is 2.91. The third kappa shape index (κ3) is 2.33. The second-order valence-electron chi connectivity index (χ2n) is 6.61. The number of carbonyl (C=O) groups excluding carboxylic acids is 1. The summed E-state index contributed by atoms with van der Waals surface area (Å²) >= 11 is 0. The minimum Gasteiger partial charge on any atom is -0.311 e. The summed E-state index contributed by atoms with van der Waals surface area (Å²) in [7, 11) is 0. The molecule has 0 saturated heterocycles. The van der Waals surface area contributed by atoms with Gasteiger partial charge in [-0.1, -0.05) is 18.6 Å². The number of rotatable bonds is 3. The molecule has 1 aromatic carbocycles. The van der Waals surface area contributed by atoms with E-state index in [1.54, 1.807) is 23.4 Å². The molecule has 1 aliphatic heterocycles. The highest BCUT2D eigenvalue weighted by molar-refractivity contribution is 5.96. The molecule has 0 atom stereocenters. The van der Waals surface area contributed by atoms with Gasteiger partial charge in [0, 0.05) is 36.3 Å². The molecule has 118 valence electrons. The topological polar surface area (TPSA) is 33.2 Å². The summed E-state index contributed by atoms with van der Waals surface area (Å²) in [5.41, 5.74) is 2.46. The molecule has 0 unspecified atom stereocenters. The lowest BCUT2D eigenvalue weighted by Gasteiger charge is -2.39. The van der Waals surface area contributed by atoms with Crippen molar-refractivity contribution in [3.63, 3.8) is 0 Å². The first-order chi connectivity index (χ1) is 11.2. The van der Waals surface area contributed by atoms with Gasteiger partial charge in [0.05, 0.1) is 5.69 Å². The van der Waals surface area contributed by atoms with Crippen LogP contribution in [0.5, 0.6) is 0 Å². The second kappa shape index (κ2) is 5.44. The molecule has 4 rings (SSSR count). The van der Waals surface area contributed by atoms with E-state index >= 15 is 0 Å². The fourth-order valence-corrected chi connectivity index (χ4v) is 3.90. The average molecular weight is 310 g/mol. The van der Waals surface area contributed by atoms with E-state index in [9.17, 15) is 9.18 Å². The van der Waals surface area contributed by atoms with E-state index < -0.39 is 0 Å². The maximum Gasteiger partial charge on any atom is 0.227 e. The maximum absolute atomic E-state index is 14.3. The first kappa shape index (κ1) is 14.4. The van der Waals surface area contributed by atoms with Gasteiger partial charge in [-0.15, -0.1) is 0 Å². The Morgan fingerprint density at radius 3 is 2.83 bits per heavy atom. The number of fused-ring (bicyclic) bond motifs is 2. The molecule has 1 amide bonds. The van der Waals surface area contributed by atoms with Crippen LogP contribution < -0.4 is 4.90 Å². The SMILES string of the molecule is O=C(CCc1cccnc1)N1CC2(CCC2)c2c(F)cccc21. The molecule has 0 bridgehead atoms. The van der Waals surface area contributed by atoms with Gasteiger partial charge in [-0.25, -0.2) is 4.39 Å². The highest BCUT2D eigenvalue weighted by atomic mass is 19.1. The highest BCUT2D eigenvalue weighted by Crippen LogP contribution is 2.53. The van der Waals surface area contributed by atoms with Gasteiger partial charge in [0.2, 0.25) is 5.91 Å². The van der Waals surface area contributed by atoms with Gasteiger partial charge >= 0.3 is 0 Å². The lowest BCUT2D eigenvalue weighted by atomic mass is 9.65. The van der Waals surface area contributed by atoms with Crippen LogP contribution >= 0.6 is 0 Å². The first-order valence-electron chi connectivity index (χ1n) is 8.18. The zero-order valence-corrected chi connectivity index (χ0v) is 13.0. The molecular weight excluding hydrogens is 291 g/mol. The predicted octanol–water partition coefficient (Wildman–Crippen LogP) is 3.62. The minimum atomic E-state index is -0.162. The molecule has 1 fully saturated rings. The van der Waals surface area contributed by atoms with E-state index in [0.29, 0.717) is 19.4 Å². The van der Waals surface area contributed by atoms with Crippen molar-refractivity contribution < 1.29 is 9.18 Å². The number of hydrogen-bond donors (Lipinski definition) is 0. The second-order valence-corrected chi connectivity index (χ2v) is 6.61. The zero-order valence-electron chi connectivity index (χ0n) is 13.0. The molecule has 23 heavy (non-hydrogen) atoms. The number of carbonyl (C=O) groups is 1. The Kier molecular flexibility index (Phi) is 3.40. The number of amides is 1. The summed E-state index contributed by atoms with van der Waals surface area (Å²) in [6.07, 6.45) is 7.69. The summed E-state index contributed by atoms with van der Waals surface area (Å²) in [6, 6.07) is 8.96. The van der Waals surface area contributed by atoms with Crippen LogP contribution in [-0.4, -0.2) is 17.4 Å². The van der Waals surface area contributed by atoms with Crippen LogP contribution in [-0.2, 0) is 16.6 Å². The van der Waals surface area contributed by atoms with Crippen molar-refractivity contribution >= 4 is 11.6 Å². The summed E-state index contributed by atoms with van der Waals surface area (Å²) < 4.78 is 14.3. The molecule has 2 aromatic rings. The van der Waals surface area contributed by atoms with Crippen LogP contribution in [0.1, 0.15) is 36.8 Å². The van der Waals surface area contributed by atoms with Crippen LogP contribution in [0, 0.1) is 5.82 Å². The third-order valence-corrected chi connectivity index (χ3v) is 5.24. The molecule has 0 radical (unpaired) electrons. The summed E-state index contributed by atoms with van der Waals surface area (Å²) in [5, 5.41) is 0. The van der Waals surface area contributed by atoms with Crippen molar-refractivity contribution in [1.29, 1.82) is 0 Å². The van der Waals surface area contributed by atoms with Crippen LogP contribution in [0.4, 0.5) is 10.1 Å². The molecule has 2 heterocycles. The number of benzene rings is 1. The van der Waals surface area contributed by atoms with Crippen molar-refractivity contribution in [2.24, 2.45) is 0 Å². The number of nitrogens with zero attached hydrogens (tertiary/aromatic N) is 2. The van der Waals surface area contributed by atoms with Crippen molar-refractivity contribution in [2.45, 2.75) is 37.5 Å². The van der Waals surface area contributed by atoms with E-state index in [0.717, 1.165) is 36.1 Å². The summed E-state index contributed by atoms with van der Waals surface area (Å²) in [4.78, 5) is 18.6. The number of aromatic nitrogens is 1. The van der Waals surface area contributed by atoms with Crippen LogP contribution in [0.25, 0.3) is 0 Å². The van der Waals surface area contributed by atoms with E-state index in [-0.39, 0.29) is 17.1 Å². The Bertz CT molecular complexity index is 740. The van der Waals surface area contributed by atoms with Gasteiger partial charge in [0.1, 0.15) is 5.82 Å². The van der Waals surface area contributed by atoms with Crippen molar-refractivity contribution in [3.05, 3.63) is 59.7 Å². The number of pyridine rings is 1. The van der Waals surface area contributed by atoms with Crippen molar-refractivity contribution in [1.82, 2.24) is 4.98 Å². The molecule has 1 aromatic heterocycles. The van der Waals surface area contributed by atoms with Crippen LogP contribution in [0.3, 0.4) is 0 Å². The largest absolute Gasteiger partial charge is 0.311 e. The van der Waals surface area contributed by atoms with Gasteiger partial charge < -0.3 is 4.90 Å². The minimum absolute atomic E-state index is 0.0736. The van der Waals surface area contributed by atoms with E-state index in [2.05, 4.69) is 4.98 Å². The molecule has 2 aliphatic rings. The van der Waals surface area contributed by atoms with Crippen molar-refractivity contribution in [2.75, 3.05) is 11.4 Å². The predicted molar refractivity (Wildman–Crippen MR) is 86.8 cm³/mol. The van der Waals surface area contributed by atoms with E-state index in [1.165, 1.54) is 6.07 Å². The van der Waals surface area contributed by atoms with Gasteiger partial charge in [-0.2, -0.15) is 0 Å². The number of anilines is 1. The lowest BCUT2D eigenvalue weighted by Crippen LogP contribution is -2.41. The molecule has 3 nitrogen and oxygen atoms in total. The van der Waals surface area contributed by atoms with Crippen LogP contribution in [0.2, 0.25) is 0 Å². The maximum atomic E-state index is 14.3. The monoisotopic (exact) mass is 310 g/mol. The van der Waals surface area contributed by atoms with E-state index in [4.69, 9.17) is 0 Å². The molecular formula is C19H19FN2O. The normalized spacial score (nSPS) is 17.9. The summed E-state index contributed by atoms with van der Waals surface area (Å²) in [6.45, 7) is 0.634. The van der Waals surface area contributed by atoms with Gasteiger partial charge in [-0.05, 0) is 43.0 Å². The Balaban J connectivity index is 1.56. The summed E-state index contributed by atoms with van der Waals surface area (Å²) in [5.74, 6) is -0.0887. The molecule has 1 saturated carbocycles. The molecule has 0 N–H and O–H groups in total. The quantitative estimate of drug-likeness (QED) is 0.867. The fraction of sp³-hybridized carbons (Fsp3) is 0.368. The lowest BCUT2D eigenvalue weighted by molar-refractivity contribution is -0.118. The molecule has 1 aliphatic carbocycles. The Hall–Kier alpha value is -2.23. The first-order valence-corrected chi connectivity index (χ1v) is 8.18. The van der Waals surface area contributed by atoms with E-state index in [1.807, 2.05) is 18.2 Å². The van der Waals surface area contributed by atoms with Gasteiger partial charge in [0.25, 0.3) is 0 Å². The van der Waals surface area contributed by atoms with Gasteiger partial charge in [-0.3, -0.25) is 9.78 Å². The third-order valence-electron chi connectivity index (χ3n) is 5.24. The highest BCUT2D eigenvalue weighted by Gasteiger charge is 2.49. The van der Waals surface area contributed by atoms with Crippen LogP contribution in [0.15, 0.2) is 42.7 Å². The molecule has 4 heteroatoms. The Morgan fingerprint density at radius 2 is 2.13 bits per heavy atom. The van der Waals surface area contributed by atoms with Crippen molar-refractivity contribution in [3.8, 4) is 0 Å². The zero-order chi connectivity index (χ0) is 15.9. The Labute approximate surface area is 135 Å². The molecule has 1 spiro atoms.